The first-order valence-electron chi connectivity index (χ1n) is 10.4. The molecular weight excluding hydrogens is 436 g/mol. The number of Topliss-reactive ketones (excluding diaryl/α,β-unsaturated/α-hetero) is 1. The largest absolute Gasteiger partial charge is 0.507 e. The number of aliphatic hydroxyl groups is 4. The Labute approximate surface area is 189 Å². The maximum Gasteiger partial charge on any atom is 0.229 e. The highest BCUT2D eigenvalue weighted by Gasteiger charge is 2.45. The molecule has 6 atom stereocenters. The Kier molecular flexibility index (Phi) is 6.46. The first-order chi connectivity index (χ1) is 15.7. The predicted molar refractivity (Wildman–Crippen MR) is 113 cm³/mol. The summed E-state index contributed by atoms with van der Waals surface area (Å²) < 4.78 is 22.2. The minimum absolute atomic E-state index is 0.00600. The monoisotopic (exact) mass is 462 g/mol. The molecule has 0 spiro atoms. The smallest absolute Gasteiger partial charge is 0.229 e. The number of ether oxygens (including phenoxy) is 4. The predicted octanol–water partition coefficient (Wildman–Crippen LogP) is 0.594. The van der Waals surface area contributed by atoms with E-state index in [1.54, 1.807) is 13.2 Å². The maximum absolute atomic E-state index is 12.8. The van der Waals surface area contributed by atoms with Crippen LogP contribution in [-0.2, 0) is 4.74 Å². The van der Waals surface area contributed by atoms with E-state index in [0.717, 1.165) is 17.2 Å². The van der Waals surface area contributed by atoms with Crippen LogP contribution >= 0.6 is 0 Å². The van der Waals surface area contributed by atoms with Crippen LogP contribution in [-0.4, -0.2) is 75.7 Å². The molecule has 1 saturated heterocycles. The molecule has 33 heavy (non-hydrogen) atoms. The molecule has 2 aliphatic heterocycles. The summed E-state index contributed by atoms with van der Waals surface area (Å²) in [6, 6.07) is 8.00. The Morgan fingerprint density at radius 1 is 1.09 bits per heavy atom. The second-order valence-electron chi connectivity index (χ2n) is 8.09. The topological polar surface area (TPSA) is 155 Å². The van der Waals surface area contributed by atoms with E-state index in [9.17, 15) is 30.3 Å². The molecule has 1 unspecified atom stereocenters. The molecule has 0 aromatic heterocycles. The van der Waals surface area contributed by atoms with Crippen molar-refractivity contribution in [1.29, 1.82) is 0 Å². The molecule has 0 aliphatic carbocycles. The van der Waals surface area contributed by atoms with Crippen LogP contribution in [0.2, 0.25) is 0 Å². The average molecular weight is 462 g/mol. The van der Waals surface area contributed by atoms with Crippen LogP contribution in [0.3, 0.4) is 0 Å². The molecule has 0 amide bonds. The summed E-state index contributed by atoms with van der Waals surface area (Å²) in [6.07, 6.45) is -7.99. The van der Waals surface area contributed by atoms with Gasteiger partial charge in [0.25, 0.3) is 0 Å². The maximum atomic E-state index is 12.8. The molecule has 10 nitrogen and oxygen atoms in total. The van der Waals surface area contributed by atoms with Gasteiger partial charge < -0.3 is 44.5 Å². The van der Waals surface area contributed by atoms with Gasteiger partial charge in [-0.15, -0.1) is 0 Å². The standard InChI is InChI=1S/C23H26O10/c1-10-3-4-11(5-15(10)30-2)16-8-14(26)19-13(25)6-12(7-17(19)32-16)31-23-22(29)21(28)20(27)18(9-24)33-23/h3-7,16,18,20-25,27-29H,8-9H2,1-2H3/t16?,18-,20-,21+,22-,23-/m1/s1. The molecule has 5 N–H and O–H groups in total. The van der Waals surface area contributed by atoms with Crippen LogP contribution in [0.25, 0.3) is 0 Å². The molecular formula is C23H26O10. The number of aryl methyl sites for hydroxylation is 1. The molecule has 2 heterocycles. The Morgan fingerprint density at radius 3 is 2.55 bits per heavy atom. The van der Waals surface area contributed by atoms with Crippen molar-refractivity contribution in [3.8, 4) is 23.0 Å². The quantitative estimate of drug-likeness (QED) is 0.426. The fourth-order valence-corrected chi connectivity index (χ4v) is 4.00. The summed E-state index contributed by atoms with van der Waals surface area (Å²) in [4.78, 5) is 12.8. The zero-order chi connectivity index (χ0) is 23.9. The lowest BCUT2D eigenvalue weighted by Gasteiger charge is -2.39. The molecule has 0 bridgehead atoms. The number of methoxy groups -OCH3 is 1. The number of hydrogen-bond donors (Lipinski definition) is 5. The molecule has 1 fully saturated rings. The third-order valence-electron chi connectivity index (χ3n) is 5.88. The summed E-state index contributed by atoms with van der Waals surface area (Å²) in [5, 5.41) is 49.8. The Balaban J connectivity index is 1.60. The van der Waals surface area contributed by atoms with Crippen molar-refractivity contribution in [1.82, 2.24) is 0 Å². The number of ketones is 1. The van der Waals surface area contributed by atoms with Crippen molar-refractivity contribution in [3.05, 3.63) is 47.0 Å². The molecule has 178 valence electrons. The lowest BCUT2D eigenvalue weighted by molar-refractivity contribution is -0.277. The number of aliphatic hydroxyl groups excluding tert-OH is 4. The summed E-state index contributed by atoms with van der Waals surface area (Å²) in [5.41, 5.74) is 1.65. The first-order valence-corrected chi connectivity index (χ1v) is 10.4. The minimum atomic E-state index is -1.63. The molecule has 4 rings (SSSR count). The van der Waals surface area contributed by atoms with Gasteiger partial charge in [-0.2, -0.15) is 0 Å². The number of phenolic OH excluding ortho intramolecular Hbond substituents is 1. The third kappa shape index (κ3) is 4.35. The number of phenols is 1. The van der Waals surface area contributed by atoms with Crippen LogP contribution in [0.15, 0.2) is 30.3 Å². The lowest BCUT2D eigenvalue weighted by Crippen LogP contribution is -2.60. The summed E-state index contributed by atoms with van der Waals surface area (Å²) in [7, 11) is 1.55. The Hall–Kier alpha value is -2.89. The van der Waals surface area contributed by atoms with Gasteiger partial charge in [-0.1, -0.05) is 12.1 Å². The van der Waals surface area contributed by atoms with Crippen molar-refractivity contribution >= 4 is 5.78 Å². The second-order valence-corrected chi connectivity index (χ2v) is 8.09. The second kappa shape index (κ2) is 9.16. The lowest BCUT2D eigenvalue weighted by atomic mass is 9.94. The van der Waals surface area contributed by atoms with Crippen molar-refractivity contribution in [3.63, 3.8) is 0 Å². The summed E-state index contributed by atoms with van der Waals surface area (Å²) in [5.74, 6) is 0.0208. The number of benzene rings is 2. The van der Waals surface area contributed by atoms with Gasteiger partial charge in [0, 0.05) is 12.1 Å². The summed E-state index contributed by atoms with van der Waals surface area (Å²) >= 11 is 0. The number of hydrogen-bond acceptors (Lipinski definition) is 10. The third-order valence-corrected chi connectivity index (χ3v) is 5.88. The molecule has 10 heteroatoms. The fourth-order valence-electron chi connectivity index (χ4n) is 4.00. The van der Waals surface area contributed by atoms with Gasteiger partial charge >= 0.3 is 0 Å². The van der Waals surface area contributed by atoms with Gasteiger partial charge in [-0.25, -0.2) is 0 Å². The molecule has 2 aliphatic rings. The van der Waals surface area contributed by atoms with Crippen LogP contribution in [0.5, 0.6) is 23.0 Å². The van der Waals surface area contributed by atoms with Gasteiger partial charge in [0.2, 0.25) is 6.29 Å². The Morgan fingerprint density at radius 2 is 1.85 bits per heavy atom. The number of fused-ring (bicyclic) bond motifs is 1. The molecule has 2 aromatic rings. The number of carbonyl (C=O) groups is 1. The fraction of sp³-hybridized carbons (Fsp3) is 0.435. The Bertz CT molecular complexity index is 1040. The van der Waals surface area contributed by atoms with Crippen molar-refractivity contribution in [2.45, 2.75) is 50.2 Å². The van der Waals surface area contributed by atoms with Gasteiger partial charge in [0.1, 0.15) is 59.1 Å². The zero-order valence-electron chi connectivity index (χ0n) is 18.0. The van der Waals surface area contributed by atoms with Crippen molar-refractivity contribution in [2.24, 2.45) is 0 Å². The van der Waals surface area contributed by atoms with Crippen LogP contribution < -0.4 is 14.2 Å². The molecule has 2 aromatic carbocycles. The van der Waals surface area contributed by atoms with E-state index in [2.05, 4.69) is 0 Å². The van der Waals surface area contributed by atoms with E-state index in [1.807, 2.05) is 19.1 Å². The van der Waals surface area contributed by atoms with Gasteiger partial charge in [0.05, 0.1) is 20.1 Å². The zero-order valence-corrected chi connectivity index (χ0v) is 18.0. The van der Waals surface area contributed by atoms with Crippen LogP contribution in [0.4, 0.5) is 0 Å². The highest BCUT2D eigenvalue weighted by molar-refractivity contribution is 6.02. The van der Waals surface area contributed by atoms with Crippen LogP contribution in [0.1, 0.15) is 34.0 Å². The van der Waals surface area contributed by atoms with E-state index < -0.39 is 43.4 Å². The number of rotatable bonds is 5. The number of aromatic hydroxyl groups is 1. The minimum Gasteiger partial charge on any atom is -0.507 e. The van der Waals surface area contributed by atoms with E-state index in [1.165, 1.54) is 6.07 Å². The van der Waals surface area contributed by atoms with Gasteiger partial charge in [0.15, 0.2) is 5.78 Å². The van der Waals surface area contributed by atoms with Gasteiger partial charge in [-0.3, -0.25) is 4.79 Å². The van der Waals surface area contributed by atoms with E-state index in [0.29, 0.717) is 5.75 Å². The number of carbonyl (C=O) groups excluding carboxylic acids is 1. The van der Waals surface area contributed by atoms with E-state index in [4.69, 9.17) is 18.9 Å². The molecule has 0 radical (unpaired) electrons. The average Bonchev–Trinajstić information content (AvgIpc) is 2.79. The first kappa shape index (κ1) is 23.3. The summed E-state index contributed by atoms with van der Waals surface area (Å²) in [6.45, 7) is 1.28. The van der Waals surface area contributed by atoms with Gasteiger partial charge in [-0.05, 0) is 24.1 Å². The van der Waals surface area contributed by atoms with E-state index >= 15 is 0 Å². The van der Waals surface area contributed by atoms with Crippen molar-refractivity contribution < 1.29 is 49.3 Å². The van der Waals surface area contributed by atoms with Crippen molar-refractivity contribution in [2.75, 3.05) is 13.7 Å². The molecule has 0 saturated carbocycles. The highest BCUT2D eigenvalue weighted by Crippen LogP contribution is 2.43. The van der Waals surface area contributed by atoms with Crippen LogP contribution in [0, 0.1) is 6.92 Å². The van der Waals surface area contributed by atoms with E-state index in [-0.39, 0.29) is 35.0 Å². The highest BCUT2D eigenvalue weighted by atomic mass is 16.7. The SMILES string of the molecule is COc1cc(C2CC(=O)c3c(O)cc(O[C@@H]4O[C@H](CO)[C@@H](O)[C@H](O)[C@H]4O)cc3O2)ccc1C. The normalized spacial score (nSPS) is 29.2.